The Morgan fingerprint density at radius 3 is 2.29 bits per heavy atom. The van der Waals surface area contributed by atoms with Gasteiger partial charge in [0.1, 0.15) is 0 Å². The van der Waals surface area contributed by atoms with E-state index >= 15 is 0 Å². The Labute approximate surface area is 106 Å². The molecule has 0 aromatic carbocycles. The molecule has 102 valence electrons. The molecule has 5 heteroatoms. The summed E-state index contributed by atoms with van der Waals surface area (Å²) >= 11 is 0. The number of nitrogens with zero attached hydrogens (tertiary/aromatic N) is 1. The monoisotopic (exact) mass is 262 g/mol. The SMILES string of the molecule is CCC(C)(CC)N1CCCC(S(N)(=O)=O)CC1. The molecule has 0 aromatic rings. The Morgan fingerprint density at radius 1 is 1.24 bits per heavy atom. The van der Waals surface area contributed by atoms with Crippen LogP contribution in [0.1, 0.15) is 52.9 Å². The van der Waals surface area contributed by atoms with Crippen molar-refractivity contribution in [2.45, 2.75) is 63.7 Å². The second kappa shape index (κ2) is 5.67. The zero-order valence-corrected chi connectivity index (χ0v) is 12.1. The highest BCUT2D eigenvalue weighted by Crippen LogP contribution is 2.27. The molecular weight excluding hydrogens is 236 g/mol. The molecule has 1 unspecified atom stereocenters. The van der Waals surface area contributed by atoms with E-state index in [9.17, 15) is 8.42 Å². The molecule has 0 spiro atoms. The summed E-state index contributed by atoms with van der Waals surface area (Å²) in [4.78, 5) is 2.44. The molecule has 1 aliphatic rings. The fourth-order valence-corrected chi connectivity index (χ4v) is 3.56. The number of sulfonamides is 1. The minimum atomic E-state index is -3.36. The molecule has 1 fully saturated rings. The maximum atomic E-state index is 11.4. The summed E-state index contributed by atoms with van der Waals surface area (Å²) in [6.07, 6.45) is 4.51. The van der Waals surface area contributed by atoms with Crippen LogP contribution in [0.5, 0.6) is 0 Å². The highest BCUT2D eigenvalue weighted by Gasteiger charge is 2.32. The zero-order valence-electron chi connectivity index (χ0n) is 11.3. The summed E-state index contributed by atoms with van der Waals surface area (Å²) in [6.45, 7) is 8.50. The van der Waals surface area contributed by atoms with Crippen LogP contribution in [-0.4, -0.2) is 37.2 Å². The molecule has 0 amide bonds. The van der Waals surface area contributed by atoms with Gasteiger partial charge in [0, 0.05) is 5.54 Å². The van der Waals surface area contributed by atoms with E-state index in [0.29, 0.717) is 12.8 Å². The first-order valence-corrected chi connectivity index (χ1v) is 8.21. The van der Waals surface area contributed by atoms with E-state index in [4.69, 9.17) is 5.14 Å². The van der Waals surface area contributed by atoms with Crippen LogP contribution in [0.15, 0.2) is 0 Å². The summed E-state index contributed by atoms with van der Waals surface area (Å²) in [5.41, 5.74) is 0.202. The average Bonchev–Trinajstić information content (AvgIpc) is 2.53. The number of hydrogen-bond donors (Lipinski definition) is 1. The number of primary sulfonamides is 1. The average molecular weight is 262 g/mol. The Hall–Kier alpha value is -0.130. The maximum absolute atomic E-state index is 11.4. The van der Waals surface area contributed by atoms with Crippen molar-refractivity contribution >= 4 is 10.0 Å². The van der Waals surface area contributed by atoms with Gasteiger partial charge in [0.15, 0.2) is 0 Å². The summed E-state index contributed by atoms with van der Waals surface area (Å²) in [5, 5.41) is 4.91. The standard InChI is InChI=1S/C12H26N2O2S/c1-4-12(3,5-2)14-9-6-7-11(8-10-14)17(13,15)16/h11H,4-10H2,1-3H3,(H2,13,15,16). The largest absolute Gasteiger partial charge is 0.298 e. The Bertz CT molecular complexity index is 336. The molecule has 4 nitrogen and oxygen atoms in total. The number of nitrogens with two attached hydrogens (primary N) is 1. The molecule has 0 saturated carbocycles. The van der Waals surface area contributed by atoms with E-state index in [1.54, 1.807) is 0 Å². The molecule has 2 N–H and O–H groups in total. The lowest BCUT2D eigenvalue weighted by molar-refractivity contribution is 0.0990. The van der Waals surface area contributed by atoms with Crippen LogP contribution in [0.3, 0.4) is 0 Å². The lowest BCUT2D eigenvalue weighted by Crippen LogP contribution is -2.46. The van der Waals surface area contributed by atoms with E-state index < -0.39 is 10.0 Å². The van der Waals surface area contributed by atoms with Gasteiger partial charge >= 0.3 is 0 Å². The molecule has 1 saturated heterocycles. The quantitative estimate of drug-likeness (QED) is 0.839. The summed E-state index contributed by atoms with van der Waals surface area (Å²) in [5.74, 6) is 0. The Kier molecular flexibility index (Phi) is 4.98. The third kappa shape index (κ3) is 3.66. The van der Waals surface area contributed by atoms with Gasteiger partial charge in [0.2, 0.25) is 10.0 Å². The minimum Gasteiger partial charge on any atom is -0.298 e. The van der Waals surface area contributed by atoms with E-state index in [-0.39, 0.29) is 10.8 Å². The number of rotatable bonds is 4. The summed E-state index contributed by atoms with van der Waals surface area (Å²) in [6, 6.07) is 0. The predicted octanol–water partition coefficient (Wildman–Crippen LogP) is 1.71. The van der Waals surface area contributed by atoms with E-state index in [1.165, 1.54) is 0 Å². The highest BCUT2D eigenvalue weighted by atomic mass is 32.2. The van der Waals surface area contributed by atoms with Gasteiger partial charge < -0.3 is 0 Å². The first-order valence-electron chi connectivity index (χ1n) is 6.60. The van der Waals surface area contributed by atoms with Crippen LogP contribution < -0.4 is 5.14 Å². The molecule has 0 aromatic heterocycles. The van der Waals surface area contributed by atoms with Crippen molar-refractivity contribution in [3.05, 3.63) is 0 Å². The fourth-order valence-electron chi connectivity index (χ4n) is 2.63. The van der Waals surface area contributed by atoms with Crippen LogP contribution in [-0.2, 0) is 10.0 Å². The van der Waals surface area contributed by atoms with E-state index in [1.807, 2.05) is 0 Å². The van der Waals surface area contributed by atoms with Crippen LogP contribution in [0, 0.1) is 0 Å². The van der Waals surface area contributed by atoms with E-state index in [0.717, 1.165) is 32.4 Å². The predicted molar refractivity (Wildman–Crippen MR) is 71.3 cm³/mol. The van der Waals surface area contributed by atoms with Crippen molar-refractivity contribution in [2.75, 3.05) is 13.1 Å². The molecule has 17 heavy (non-hydrogen) atoms. The maximum Gasteiger partial charge on any atom is 0.212 e. The van der Waals surface area contributed by atoms with Gasteiger partial charge in [-0.3, -0.25) is 4.90 Å². The second-order valence-corrected chi connectivity index (χ2v) is 7.18. The first-order chi connectivity index (χ1) is 7.83. The third-order valence-electron chi connectivity index (χ3n) is 4.43. The van der Waals surface area contributed by atoms with Crippen molar-refractivity contribution in [3.63, 3.8) is 0 Å². The molecule has 0 aliphatic carbocycles. The van der Waals surface area contributed by atoms with Crippen molar-refractivity contribution in [1.29, 1.82) is 0 Å². The fraction of sp³-hybridized carbons (Fsp3) is 1.00. The molecule has 1 heterocycles. The number of likely N-dealkylation sites (tertiary alicyclic amines) is 1. The lowest BCUT2D eigenvalue weighted by Gasteiger charge is -2.40. The molecule has 0 radical (unpaired) electrons. The third-order valence-corrected chi connectivity index (χ3v) is 5.83. The van der Waals surface area contributed by atoms with Gasteiger partial charge in [-0.1, -0.05) is 13.8 Å². The topological polar surface area (TPSA) is 63.4 Å². The summed E-state index contributed by atoms with van der Waals surface area (Å²) < 4.78 is 22.8. The lowest BCUT2D eigenvalue weighted by atomic mass is 9.93. The van der Waals surface area contributed by atoms with Crippen LogP contribution in [0.4, 0.5) is 0 Å². The Morgan fingerprint density at radius 2 is 1.82 bits per heavy atom. The van der Waals surface area contributed by atoms with Crippen LogP contribution in [0.25, 0.3) is 0 Å². The summed E-state index contributed by atoms with van der Waals surface area (Å²) in [7, 11) is -3.36. The van der Waals surface area contributed by atoms with Crippen molar-refractivity contribution in [3.8, 4) is 0 Å². The van der Waals surface area contributed by atoms with E-state index in [2.05, 4.69) is 25.7 Å². The smallest absolute Gasteiger partial charge is 0.212 e. The highest BCUT2D eigenvalue weighted by molar-refractivity contribution is 7.89. The zero-order chi connectivity index (χ0) is 13.1. The van der Waals surface area contributed by atoms with Crippen molar-refractivity contribution in [1.82, 2.24) is 4.90 Å². The van der Waals surface area contributed by atoms with Crippen molar-refractivity contribution < 1.29 is 8.42 Å². The molecule has 1 atom stereocenters. The van der Waals surface area contributed by atoms with Gasteiger partial charge in [-0.2, -0.15) is 0 Å². The second-order valence-electron chi connectivity index (χ2n) is 5.33. The molecule has 0 bridgehead atoms. The first kappa shape index (κ1) is 14.9. The van der Waals surface area contributed by atoms with Gasteiger partial charge in [0.05, 0.1) is 5.25 Å². The molecule has 1 rings (SSSR count). The van der Waals surface area contributed by atoms with Gasteiger partial charge in [-0.25, -0.2) is 13.6 Å². The molecule has 1 aliphatic heterocycles. The van der Waals surface area contributed by atoms with Gasteiger partial charge in [0.25, 0.3) is 0 Å². The molecular formula is C12H26N2O2S. The van der Waals surface area contributed by atoms with Gasteiger partial charge in [-0.05, 0) is 52.1 Å². The van der Waals surface area contributed by atoms with Crippen LogP contribution in [0.2, 0.25) is 0 Å². The normalized spacial score (nSPS) is 24.6. The Balaban J connectivity index is 2.71. The van der Waals surface area contributed by atoms with Crippen molar-refractivity contribution in [2.24, 2.45) is 5.14 Å². The van der Waals surface area contributed by atoms with Gasteiger partial charge in [-0.15, -0.1) is 0 Å². The van der Waals surface area contributed by atoms with Crippen LogP contribution >= 0.6 is 0 Å². The minimum absolute atomic E-state index is 0.202. The number of hydrogen-bond acceptors (Lipinski definition) is 3.